The number of benzene rings is 2. The van der Waals surface area contributed by atoms with E-state index in [0.717, 1.165) is 22.3 Å². The number of fused-ring (bicyclic) bond motifs is 1. The van der Waals surface area contributed by atoms with Gasteiger partial charge in [-0.3, -0.25) is 0 Å². The molecule has 0 amide bonds. The van der Waals surface area contributed by atoms with Crippen molar-refractivity contribution in [3.8, 4) is 17.1 Å². The predicted molar refractivity (Wildman–Crippen MR) is 101 cm³/mol. The molecule has 2 aromatic carbocycles. The van der Waals surface area contributed by atoms with E-state index in [-0.39, 0.29) is 5.97 Å². The van der Waals surface area contributed by atoms with Crippen molar-refractivity contribution in [3.63, 3.8) is 0 Å². The zero-order chi connectivity index (χ0) is 17.9. The van der Waals surface area contributed by atoms with Gasteiger partial charge in [-0.05, 0) is 30.3 Å². The zero-order valence-electron chi connectivity index (χ0n) is 14.1. The molecule has 0 fully saturated rings. The number of aromatic amines is 1. The summed E-state index contributed by atoms with van der Waals surface area (Å²) in [5, 5.41) is 0.867. The minimum atomic E-state index is -0.380. The van der Waals surface area contributed by atoms with Gasteiger partial charge in [0, 0.05) is 41.6 Å². The molecule has 0 bridgehead atoms. The molecule has 0 aliphatic rings. The summed E-state index contributed by atoms with van der Waals surface area (Å²) in [4.78, 5) is 19.9. The molecule has 0 unspecified atom stereocenters. The number of allylic oxidation sites excluding steroid dienone is 1. The summed E-state index contributed by atoms with van der Waals surface area (Å²) in [6, 6.07) is 15.0. The minimum absolute atomic E-state index is 0.380. The molecule has 1 N–H and O–H groups in total. The SMILES string of the molecule is C=CCn1cc(C(=O)Oc2ccc(-c3ncc[nH]3)cc2)c2ccccc21. The molecule has 0 spiro atoms. The number of hydrogen-bond donors (Lipinski definition) is 1. The van der Waals surface area contributed by atoms with Crippen LogP contribution in [0.5, 0.6) is 5.75 Å². The third-order valence-electron chi connectivity index (χ3n) is 4.17. The van der Waals surface area contributed by atoms with Gasteiger partial charge in [0.05, 0.1) is 5.56 Å². The van der Waals surface area contributed by atoms with Crippen LogP contribution < -0.4 is 4.74 Å². The van der Waals surface area contributed by atoms with Crippen molar-refractivity contribution in [2.75, 3.05) is 0 Å². The summed E-state index contributed by atoms with van der Waals surface area (Å²) in [6.45, 7) is 4.40. The maximum Gasteiger partial charge on any atom is 0.345 e. The number of esters is 1. The third kappa shape index (κ3) is 2.91. The lowest BCUT2D eigenvalue weighted by Crippen LogP contribution is -2.08. The molecule has 0 atom stereocenters. The summed E-state index contributed by atoms with van der Waals surface area (Å²) in [7, 11) is 0. The molecule has 4 aromatic rings. The molecule has 26 heavy (non-hydrogen) atoms. The van der Waals surface area contributed by atoms with Crippen LogP contribution in [-0.2, 0) is 6.54 Å². The topological polar surface area (TPSA) is 59.9 Å². The van der Waals surface area contributed by atoms with Gasteiger partial charge in [-0.2, -0.15) is 0 Å². The quantitative estimate of drug-likeness (QED) is 0.331. The molecule has 5 nitrogen and oxygen atoms in total. The largest absolute Gasteiger partial charge is 0.423 e. The van der Waals surface area contributed by atoms with E-state index in [2.05, 4.69) is 16.5 Å². The molecule has 2 heterocycles. The van der Waals surface area contributed by atoms with Gasteiger partial charge < -0.3 is 14.3 Å². The lowest BCUT2D eigenvalue weighted by molar-refractivity contribution is 0.0736. The van der Waals surface area contributed by atoms with Crippen molar-refractivity contribution in [2.45, 2.75) is 6.54 Å². The van der Waals surface area contributed by atoms with Crippen LogP contribution in [0, 0.1) is 0 Å². The summed E-state index contributed by atoms with van der Waals surface area (Å²) in [5.74, 6) is 0.885. The van der Waals surface area contributed by atoms with Crippen molar-refractivity contribution in [3.05, 3.63) is 85.3 Å². The van der Waals surface area contributed by atoms with Crippen molar-refractivity contribution >= 4 is 16.9 Å². The zero-order valence-corrected chi connectivity index (χ0v) is 14.1. The van der Waals surface area contributed by atoms with Crippen LogP contribution in [0.4, 0.5) is 0 Å². The fourth-order valence-electron chi connectivity index (χ4n) is 2.97. The number of hydrogen-bond acceptors (Lipinski definition) is 3. The highest BCUT2D eigenvalue weighted by atomic mass is 16.5. The van der Waals surface area contributed by atoms with Gasteiger partial charge in [0.2, 0.25) is 0 Å². The Labute approximate surface area is 150 Å². The number of carbonyl (C=O) groups excluding carboxylic acids is 1. The highest BCUT2D eigenvalue weighted by Crippen LogP contribution is 2.24. The Balaban J connectivity index is 1.60. The van der Waals surface area contributed by atoms with E-state index in [1.165, 1.54) is 0 Å². The fraction of sp³-hybridized carbons (Fsp3) is 0.0476. The van der Waals surface area contributed by atoms with Gasteiger partial charge in [0.25, 0.3) is 0 Å². The van der Waals surface area contributed by atoms with Crippen LogP contribution in [0.3, 0.4) is 0 Å². The van der Waals surface area contributed by atoms with E-state index >= 15 is 0 Å². The Morgan fingerprint density at radius 3 is 2.73 bits per heavy atom. The van der Waals surface area contributed by atoms with Crippen LogP contribution in [0.2, 0.25) is 0 Å². The van der Waals surface area contributed by atoms with E-state index < -0.39 is 0 Å². The Hall–Kier alpha value is -3.60. The number of aromatic nitrogens is 3. The predicted octanol–water partition coefficient (Wildman–Crippen LogP) is 4.44. The second-order valence-electron chi connectivity index (χ2n) is 5.85. The van der Waals surface area contributed by atoms with Crippen LogP contribution in [0.15, 0.2) is 79.8 Å². The smallest absolute Gasteiger partial charge is 0.345 e. The van der Waals surface area contributed by atoms with E-state index in [4.69, 9.17) is 4.74 Å². The van der Waals surface area contributed by atoms with Crippen LogP contribution in [0.1, 0.15) is 10.4 Å². The van der Waals surface area contributed by atoms with Gasteiger partial charge in [0.1, 0.15) is 11.6 Å². The monoisotopic (exact) mass is 343 g/mol. The number of H-pyrrole nitrogens is 1. The molecule has 2 aromatic heterocycles. The summed E-state index contributed by atoms with van der Waals surface area (Å²) >= 11 is 0. The van der Waals surface area contributed by atoms with E-state index in [9.17, 15) is 4.79 Å². The van der Waals surface area contributed by atoms with E-state index in [1.54, 1.807) is 30.6 Å². The first-order chi connectivity index (χ1) is 12.8. The number of carbonyl (C=O) groups is 1. The van der Waals surface area contributed by atoms with Crippen molar-refractivity contribution < 1.29 is 9.53 Å². The van der Waals surface area contributed by atoms with Gasteiger partial charge >= 0.3 is 5.97 Å². The van der Waals surface area contributed by atoms with E-state index in [1.807, 2.05) is 47.2 Å². The summed E-state index contributed by atoms with van der Waals surface area (Å²) < 4.78 is 7.55. The standard InChI is InChI=1S/C21H17N3O2/c1-2-13-24-14-18(17-5-3-4-6-19(17)24)21(25)26-16-9-7-15(8-10-16)20-22-11-12-23-20/h2-12,14H,1,13H2,(H,22,23). The summed E-state index contributed by atoms with van der Waals surface area (Å²) in [5.41, 5.74) is 2.45. The highest BCUT2D eigenvalue weighted by molar-refractivity contribution is 6.05. The molecule has 128 valence electrons. The summed E-state index contributed by atoms with van der Waals surface area (Å²) in [6.07, 6.45) is 7.07. The normalized spacial score (nSPS) is 10.8. The molecule has 4 rings (SSSR count). The lowest BCUT2D eigenvalue weighted by Gasteiger charge is -2.04. The first-order valence-corrected chi connectivity index (χ1v) is 8.27. The second-order valence-corrected chi connectivity index (χ2v) is 5.85. The first-order valence-electron chi connectivity index (χ1n) is 8.27. The Morgan fingerprint density at radius 1 is 1.19 bits per heavy atom. The Bertz CT molecular complexity index is 1060. The van der Waals surface area contributed by atoms with Crippen LogP contribution in [0.25, 0.3) is 22.3 Å². The second kappa shape index (κ2) is 6.72. The van der Waals surface area contributed by atoms with Crippen molar-refractivity contribution in [1.29, 1.82) is 0 Å². The first kappa shape index (κ1) is 15.9. The minimum Gasteiger partial charge on any atom is -0.423 e. The van der Waals surface area contributed by atoms with Gasteiger partial charge in [-0.15, -0.1) is 6.58 Å². The average Bonchev–Trinajstić information content (AvgIpc) is 3.32. The average molecular weight is 343 g/mol. The molecule has 0 aliphatic carbocycles. The fourth-order valence-corrected chi connectivity index (χ4v) is 2.97. The molecule has 0 aliphatic heterocycles. The number of ether oxygens (including phenoxy) is 1. The van der Waals surface area contributed by atoms with Crippen molar-refractivity contribution in [1.82, 2.24) is 14.5 Å². The van der Waals surface area contributed by atoms with Gasteiger partial charge in [0.15, 0.2) is 0 Å². The van der Waals surface area contributed by atoms with Crippen LogP contribution >= 0.6 is 0 Å². The third-order valence-corrected chi connectivity index (χ3v) is 4.17. The van der Waals surface area contributed by atoms with E-state index in [0.29, 0.717) is 17.9 Å². The van der Waals surface area contributed by atoms with Gasteiger partial charge in [-0.1, -0.05) is 24.3 Å². The Morgan fingerprint density at radius 2 is 2.00 bits per heavy atom. The number of nitrogens with one attached hydrogen (secondary N) is 1. The Kier molecular flexibility index (Phi) is 4.11. The van der Waals surface area contributed by atoms with Crippen LogP contribution in [-0.4, -0.2) is 20.5 Å². The number of imidazole rings is 1. The number of nitrogens with zero attached hydrogens (tertiary/aromatic N) is 2. The molecule has 0 saturated carbocycles. The number of rotatable bonds is 5. The molecular formula is C21H17N3O2. The maximum atomic E-state index is 12.7. The maximum absolute atomic E-state index is 12.7. The molecule has 0 saturated heterocycles. The lowest BCUT2D eigenvalue weighted by atomic mass is 10.2. The van der Waals surface area contributed by atoms with Crippen molar-refractivity contribution in [2.24, 2.45) is 0 Å². The molecule has 0 radical (unpaired) electrons. The number of para-hydroxylation sites is 1. The highest BCUT2D eigenvalue weighted by Gasteiger charge is 2.16. The molecule has 5 heteroatoms. The molecular weight excluding hydrogens is 326 g/mol. The van der Waals surface area contributed by atoms with Gasteiger partial charge in [-0.25, -0.2) is 9.78 Å².